The molecule has 0 atom stereocenters. The van der Waals surface area contributed by atoms with Crippen LogP contribution < -0.4 is 10.2 Å². The molecule has 0 aliphatic rings. The Morgan fingerprint density at radius 3 is 2.48 bits per heavy atom. The van der Waals surface area contributed by atoms with Crippen molar-refractivity contribution in [2.45, 2.75) is 25.9 Å². The highest BCUT2D eigenvalue weighted by Gasteiger charge is 2.30. The number of alkyl halides is 3. The number of nitrogens with zero attached hydrogens (tertiary/aromatic N) is 2. The number of halogens is 3. The van der Waals surface area contributed by atoms with Gasteiger partial charge in [0, 0.05) is 31.0 Å². The number of nitrogens with one attached hydrogen (secondary N) is 1. The van der Waals surface area contributed by atoms with Gasteiger partial charge in [0.05, 0.1) is 5.56 Å². The van der Waals surface area contributed by atoms with Gasteiger partial charge in [0.25, 0.3) is 5.91 Å². The molecule has 2 aromatic rings. The molecule has 1 heterocycles. The van der Waals surface area contributed by atoms with E-state index in [4.69, 9.17) is 0 Å². The molecule has 134 valence electrons. The SMILES string of the molecule is CCCCN(C)c1cc(C(=O)Nc2ccc(C(F)(F)F)cc2)ccn1. The fourth-order valence-electron chi connectivity index (χ4n) is 2.22. The van der Waals surface area contributed by atoms with E-state index in [1.807, 2.05) is 11.9 Å². The summed E-state index contributed by atoms with van der Waals surface area (Å²) in [4.78, 5) is 18.5. The summed E-state index contributed by atoms with van der Waals surface area (Å²) in [5.74, 6) is 0.279. The average Bonchev–Trinajstić information content (AvgIpc) is 2.59. The van der Waals surface area contributed by atoms with E-state index in [1.165, 1.54) is 12.1 Å². The Labute approximate surface area is 144 Å². The van der Waals surface area contributed by atoms with Gasteiger partial charge in [-0.1, -0.05) is 13.3 Å². The maximum Gasteiger partial charge on any atom is 0.416 e. The summed E-state index contributed by atoms with van der Waals surface area (Å²) < 4.78 is 37.7. The molecule has 7 heteroatoms. The summed E-state index contributed by atoms with van der Waals surface area (Å²) in [5.41, 5.74) is -0.0572. The lowest BCUT2D eigenvalue weighted by molar-refractivity contribution is -0.137. The molecule has 0 radical (unpaired) electrons. The van der Waals surface area contributed by atoms with Crippen molar-refractivity contribution in [1.82, 2.24) is 4.98 Å². The molecule has 0 aliphatic heterocycles. The second kappa shape index (κ2) is 8.00. The lowest BCUT2D eigenvalue weighted by Crippen LogP contribution is -2.20. The molecule has 0 saturated carbocycles. The van der Waals surface area contributed by atoms with Crippen LogP contribution in [0.25, 0.3) is 0 Å². The summed E-state index contributed by atoms with van der Waals surface area (Å²) in [6.45, 7) is 2.92. The first-order valence-corrected chi connectivity index (χ1v) is 7.97. The summed E-state index contributed by atoms with van der Waals surface area (Å²) in [7, 11) is 1.90. The molecule has 1 aromatic carbocycles. The Morgan fingerprint density at radius 2 is 1.88 bits per heavy atom. The molecule has 0 fully saturated rings. The molecule has 2 rings (SSSR count). The van der Waals surface area contributed by atoms with Gasteiger partial charge >= 0.3 is 6.18 Å². The number of carbonyl (C=O) groups is 1. The molecule has 0 spiro atoms. The number of aromatic nitrogens is 1. The third kappa shape index (κ3) is 5.20. The molecule has 1 N–H and O–H groups in total. The summed E-state index contributed by atoms with van der Waals surface area (Å²) in [6.07, 6.45) is -0.788. The van der Waals surface area contributed by atoms with Crippen molar-refractivity contribution < 1.29 is 18.0 Å². The normalized spacial score (nSPS) is 11.2. The molecule has 0 aliphatic carbocycles. The molecule has 1 amide bonds. The molecule has 0 bridgehead atoms. The largest absolute Gasteiger partial charge is 0.416 e. The van der Waals surface area contributed by atoms with E-state index in [9.17, 15) is 18.0 Å². The molecule has 25 heavy (non-hydrogen) atoms. The van der Waals surface area contributed by atoms with Crippen LogP contribution in [0.4, 0.5) is 24.7 Å². The van der Waals surface area contributed by atoms with Gasteiger partial charge in [0.1, 0.15) is 5.82 Å². The molecule has 4 nitrogen and oxygen atoms in total. The van der Waals surface area contributed by atoms with Gasteiger partial charge in [-0.15, -0.1) is 0 Å². The van der Waals surface area contributed by atoms with Crippen molar-refractivity contribution in [2.75, 3.05) is 23.8 Å². The van der Waals surface area contributed by atoms with E-state index in [1.54, 1.807) is 18.3 Å². The first-order chi connectivity index (χ1) is 11.8. The fraction of sp³-hybridized carbons (Fsp3) is 0.333. The number of benzene rings is 1. The smallest absolute Gasteiger partial charge is 0.360 e. The Morgan fingerprint density at radius 1 is 1.20 bits per heavy atom. The van der Waals surface area contributed by atoms with E-state index < -0.39 is 17.6 Å². The van der Waals surface area contributed by atoms with Crippen molar-refractivity contribution in [2.24, 2.45) is 0 Å². The van der Waals surface area contributed by atoms with Gasteiger partial charge in [-0.25, -0.2) is 4.98 Å². The molecular formula is C18H20F3N3O. The second-order valence-corrected chi connectivity index (χ2v) is 5.71. The van der Waals surface area contributed by atoms with Gasteiger partial charge in [0.15, 0.2) is 0 Å². The van der Waals surface area contributed by atoms with Crippen LogP contribution in [0.2, 0.25) is 0 Å². The van der Waals surface area contributed by atoms with Crippen molar-refractivity contribution in [3.8, 4) is 0 Å². The van der Waals surface area contributed by atoms with Crippen molar-refractivity contribution in [3.63, 3.8) is 0 Å². The number of unbranched alkanes of at least 4 members (excludes halogenated alkanes) is 1. The van der Waals surface area contributed by atoms with E-state index in [2.05, 4.69) is 17.2 Å². The number of amides is 1. The molecular weight excluding hydrogens is 331 g/mol. The minimum Gasteiger partial charge on any atom is -0.360 e. The first-order valence-electron chi connectivity index (χ1n) is 7.97. The highest BCUT2D eigenvalue weighted by molar-refractivity contribution is 6.04. The van der Waals surface area contributed by atoms with Crippen LogP contribution in [0.1, 0.15) is 35.7 Å². The Kier molecular flexibility index (Phi) is 6.01. The minimum atomic E-state index is -4.40. The zero-order valence-electron chi connectivity index (χ0n) is 14.1. The highest BCUT2D eigenvalue weighted by atomic mass is 19.4. The van der Waals surface area contributed by atoms with Gasteiger partial charge in [0.2, 0.25) is 0 Å². The highest BCUT2D eigenvalue weighted by Crippen LogP contribution is 2.29. The number of pyridine rings is 1. The number of rotatable bonds is 6. The van der Waals surface area contributed by atoms with Crippen LogP contribution >= 0.6 is 0 Å². The van der Waals surface area contributed by atoms with Crippen molar-refractivity contribution >= 4 is 17.4 Å². The van der Waals surface area contributed by atoms with E-state index in [0.29, 0.717) is 17.1 Å². The van der Waals surface area contributed by atoms with Crippen LogP contribution in [0, 0.1) is 0 Å². The maximum atomic E-state index is 12.6. The first kappa shape index (κ1) is 18.8. The monoisotopic (exact) mass is 351 g/mol. The Hall–Kier alpha value is -2.57. The quantitative estimate of drug-likeness (QED) is 0.828. The standard InChI is InChI=1S/C18H20F3N3O/c1-3-4-11-24(2)16-12-13(9-10-22-16)17(25)23-15-7-5-14(6-8-15)18(19,20)21/h5-10,12H,3-4,11H2,1-2H3,(H,23,25). The zero-order chi connectivity index (χ0) is 18.4. The van der Waals surface area contributed by atoms with Gasteiger partial charge in [-0.3, -0.25) is 4.79 Å². The van der Waals surface area contributed by atoms with Crippen LogP contribution in [0.3, 0.4) is 0 Å². The van der Waals surface area contributed by atoms with Crippen molar-refractivity contribution in [1.29, 1.82) is 0 Å². The zero-order valence-corrected chi connectivity index (χ0v) is 14.1. The van der Waals surface area contributed by atoms with Crippen LogP contribution in [-0.4, -0.2) is 24.5 Å². The topological polar surface area (TPSA) is 45.2 Å². The van der Waals surface area contributed by atoms with Gasteiger partial charge in [-0.2, -0.15) is 13.2 Å². The van der Waals surface area contributed by atoms with E-state index in [0.717, 1.165) is 31.5 Å². The number of hydrogen-bond acceptors (Lipinski definition) is 3. The van der Waals surface area contributed by atoms with Crippen molar-refractivity contribution in [3.05, 3.63) is 53.7 Å². The summed E-state index contributed by atoms with van der Waals surface area (Å²) in [6, 6.07) is 7.57. The summed E-state index contributed by atoms with van der Waals surface area (Å²) >= 11 is 0. The number of hydrogen-bond donors (Lipinski definition) is 1. The van der Waals surface area contributed by atoms with Gasteiger partial charge in [-0.05, 0) is 42.8 Å². The van der Waals surface area contributed by atoms with Crippen LogP contribution in [-0.2, 0) is 6.18 Å². The number of anilines is 2. The molecule has 0 unspecified atom stereocenters. The van der Waals surface area contributed by atoms with Crippen LogP contribution in [0.15, 0.2) is 42.6 Å². The third-order valence-corrected chi connectivity index (χ3v) is 3.72. The predicted octanol–water partition coefficient (Wildman–Crippen LogP) is 4.59. The Balaban J connectivity index is 2.08. The lowest BCUT2D eigenvalue weighted by atomic mass is 10.2. The average molecular weight is 351 g/mol. The fourth-order valence-corrected chi connectivity index (χ4v) is 2.22. The second-order valence-electron chi connectivity index (χ2n) is 5.71. The lowest BCUT2D eigenvalue weighted by Gasteiger charge is -2.18. The molecule has 0 saturated heterocycles. The molecule has 1 aromatic heterocycles. The summed E-state index contributed by atoms with van der Waals surface area (Å²) in [5, 5.41) is 2.59. The van der Waals surface area contributed by atoms with E-state index in [-0.39, 0.29) is 0 Å². The Bertz CT molecular complexity index is 714. The third-order valence-electron chi connectivity index (χ3n) is 3.72. The van der Waals surface area contributed by atoms with E-state index >= 15 is 0 Å². The minimum absolute atomic E-state index is 0.302. The number of carbonyl (C=O) groups excluding carboxylic acids is 1. The maximum absolute atomic E-state index is 12.6. The van der Waals surface area contributed by atoms with Crippen LogP contribution in [0.5, 0.6) is 0 Å². The predicted molar refractivity (Wildman–Crippen MR) is 91.8 cm³/mol. The van der Waals surface area contributed by atoms with Gasteiger partial charge < -0.3 is 10.2 Å².